The molecule has 0 fully saturated rings. The fourth-order valence-corrected chi connectivity index (χ4v) is 1.70. The molecule has 1 N–H and O–H groups in total. The average Bonchev–Trinajstić information content (AvgIpc) is 2.86. The first-order valence-corrected chi connectivity index (χ1v) is 5.78. The fourth-order valence-electron chi connectivity index (χ4n) is 1.70. The van der Waals surface area contributed by atoms with Gasteiger partial charge in [-0.3, -0.25) is 4.79 Å². The number of anilines is 1. The van der Waals surface area contributed by atoms with E-state index in [1.807, 2.05) is 6.92 Å². The van der Waals surface area contributed by atoms with E-state index in [0.717, 1.165) is 12.1 Å². The first-order chi connectivity index (χ1) is 9.06. The number of carbonyl (C=O) groups is 1. The Morgan fingerprint density at radius 3 is 2.89 bits per heavy atom. The SMILES string of the molecule is C[C@@H](CC(=O)Nc1ccc(F)cc1F)n1ccnc1. The third kappa shape index (κ3) is 3.37. The highest BCUT2D eigenvalue weighted by Gasteiger charge is 2.12. The second-order valence-corrected chi connectivity index (χ2v) is 4.24. The molecular weight excluding hydrogens is 252 g/mol. The Bertz CT molecular complexity index is 569. The van der Waals surface area contributed by atoms with Crippen LogP contribution < -0.4 is 5.32 Å². The number of aromatic nitrogens is 2. The van der Waals surface area contributed by atoms with E-state index in [9.17, 15) is 13.6 Å². The van der Waals surface area contributed by atoms with Crippen LogP contribution in [0.5, 0.6) is 0 Å². The molecule has 0 bridgehead atoms. The van der Waals surface area contributed by atoms with Gasteiger partial charge in [-0.25, -0.2) is 13.8 Å². The molecule has 19 heavy (non-hydrogen) atoms. The molecule has 6 heteroatoms. The van der Waals surface area contributed by atoms with Crippen LogP contribution >= 0.6 is 0 Å². The molecule has 0 saturated carbocycles. The van der Waals surface area contributed by atoms with Crippen LogP contribution in [0.25, 0.3) is 0 Å². The molecule has 0 spiro atoms. The monoisotopic (exact) mass is 265 g/mol. The third-order valence-corrected chi connectivity index (χ3v) is 2.72. The Hall–Kier alpha value is -2.24. The smallest absolute Gasteiger partial charge is 0.226 e. The number of imidazole rings is 1. The second-order valence-electron chi connectivity index (χ2n) is 4.24. The minimum atomic E-state index is -0.788. The molecule has 0 unspecified atom stereocenters. The summed E-state index contributed by atoms with van der Waals surface area (Å²) in [6.07, 6.45) is 5.15. The topological polar surface area (TPSA) is 46.9 Å². The number of benzene rings is 1. The number of carbonyl (C=O) groups excluding carboxylic acids is 1. The Morgan fingerprint density at radius 2 is 2.26 bits per heavy atom. The van der Waals surface area contributed by atoms with Crippen LogP contribution in [-0.4, -0.2) is 15.5 Å². The maximum absolute atomic E-state index is 13.4. The van der Waals surface area contributed by atoms with Crippen molar-refractivity contribution in [2.75, 3.05) is 5.32 Å². The van der Waals surface area contributed by atoms with Crippen molar-refractivity contribution < 1.29 is 13.6 Å². The lowest BCUT2D eigenvalue weighted by Crippen LogP contribution is -2.17. The molecule has 1 heterocycles. The second kappa shape index (κ2) is 5.60. The summed E-state index contributed by atoms with van der Waals surface area (Å²) in [6.45, 7) is 1.85. The zero-order valence-electron chi connectivity index (χ0n) is 10.3. The molecule has 0 radical (unpaired) electrons. The quantitative estimate of drug-likeness (QED) is 0.924. The predicted octanol–water partition coefficient (Wildman–Crippen LogP) is 2.75. The van der Waals surface area contributed by atoms with Crippen molar-refractivity contribution >= 4 is 11.6 Å². The van der Waals surface area contributed by atoms with Crippen LogP contribution in [0, 0.1) is 11.6 Å². The van der Waals surface area contributed by atoms with Gasteiger partial charge < -0.3 is 9.88 Å². The van der Waals surface area contributed by atoms with E-state index in [1.54, 1.807) is 23.3 Å². The molecule has 2 rings (SSSR count). The summed E-state index contributed by atoms with van der Waals surface area (Å²) in [5, 5.41) is 2.42. The van der Waals surface area contributed by atoms with E-state index in [1.165, 1.54) is 6.07 Å². The van der Waals surface area contributed by atoms with Crippen molar-refractivity contribution in [3.63, 3.8) is 0 Å². The van der Waals surface area contributed by atoms with Gasteiger partial charge in [0.25, 0.3) is 0 Å². The van der Waals surface area contributed by atoms with Gasteiger partial charge in [0.1, 0.15) is 11.6 Å². The summed E-state index contributed by atoms with van der Waals surface area (Å²) in [7, 11) is 0. The minimum absolute atomic E-state index is 0.0239. The Morgan fingerprint density at radius 1 is 1.47 bits per heavy atom. The molecule has 1 aromatic carbocycles. The fraction of sp³-hybridized carbons (Fsp3) is 0.231. The predicted molar refractivity (Wildman–Crippen MR) is 66.5 cm³/mol. The minimum Gasteiger partial charge on any atom is -0.334 e. The van der Waals surface area contributed by atoms with E-state index in [0.29, 0.717) is 0 Å². The molecule has 1 amide bonds. The van der Waals surface area contributed by atoms with Crippen molar-refractivity contribution in [3.05, 3.63) is 48.6 Å². The van der Waals surface area contributed by atoms with E-state index >= 15 is 0 Å². The number of rotatable bonds is 4. The summed E-state index contributed by atoms with van der Waals surface area (Å²) in [4.78, 5) is 15.6. The van der Waals surface area contributed by atoms with Crippen molar-refractivity contribution in [2.24, 2.45) is 0 Å². The molecule has 100 valence electrons. The van der Waals surface area contributed by atoms with Crippen molar-refractivity contribution in [1.82, 2.24) is 9.55 Å². The Balaban J connectivity index is 1.98. The third-order valence-electron chi connectivity index (χ3n) is 2.72. The summed E-state index contributed by atoms with van der Waals surface area (Å²) in [5.74, 6) is -1.81. The number of hydrogen-bond acceptors (Lipinski definition) is 2. The number of halogens is 2. The van der Waals surface area contributed by atoms with Crippen LogP contribution in [-0.2, 0) is 4.79 Å². The molecular formula is C13H13F2N3O. The van der Waals surface area contributed by atoms with E-state index < -0.39 is 11.6 Å². The van der Waals surface area contributed by atoms with Gasteiger partial charge in [-0.2, -0.15) is 0 Å². The summed E-state index contributed by atoms with van der Waals surface area (Å²) >= 11 is 0. The van der Waals surface area contributed by atoms with Gasteiger partial charge in [-0.1, -0.05) is 0 Å². The lowest BCUT2D eigenvalue weighted by Gasteiger charge is -2.13. The largest absolute Gasteiger partial charge is 0.334 e. The molecule has 1 aromatic heterocycles. The summed E-state index contributed by atoms with van der Waals surface area (Å²) in [5.41, 5.74) is -0.0239. The Labute approximate surface area is 109 Å². The lowest BCUT2D eigenvalue weighted by molar-refractivity contribution is -0.116. The van der Waals surface area contributed by atoms with Crippen molar-refractivity contribution in [1.29, 1.82) is 0 Å². The van der Waals surface area contributed by atoms with Crippen molar-refractivity contribution in [3.8, 4) is 0 Å². The molecule has 0 aliphatic heterocycles. The maximum atomic E-state index is 13.4. The molecule has 2 aromatic rings. The standard InChI is InChI=1S/C13H13F2N3O/c1-9(18-5-4-16-8-18)6-13(19)17-12-3-2-10(14)7-11(12)15/h2-5,7-9H,6H2,1H3,(H,17,19)/t9-/m0/s1. The number of amides is 1. The average molecular weight is 265 g/mol. The zero-order valence-corrected chi connectivity index (χ0v) is 10.3. The van der Waals surface area contributed by atoms with Crippen LogP contribution in [0.3, 0.4) is 0 Å². The van der Waals surface area contributed by atoms with Crippen molar-refractivity contribution in [2.45, 2.75) is 19.4 Å². The highest BCUT2D eigenvalue weighted by molar-refractivity contribution is 5.91. The van der Waals surface area contributed by atoms with Gasteiger partial charge in [0.2, 0.25) is 5.91 Å². The van der Waals surface area contributed by atoms with Gasteiger partial charge in [0, 0.05) is 30.9 Å². The molecule has 1 atom stereocenters. The van der Waals surface area contributed by atoms with Crippen LogP contribution in [0.15, 0.2) is 36.9 Å². The van der Waals surface area contributed by atoms with Gasteiger partial charge in [-0.15, -0.1) is 0 Å². The molecule has 4 nitrogen and oxygen atoms in total. The summed E-state index contributed by atoms with van der Waals surface area (Å²) in [6, 6.07) is 2.93. The van der Waals surface area contributed by atoms with Gasteiger partial charge in [-0.05, 0) is 19.1 Å². The molecule has 0 aliphatic carbocycles. The zero-order chi connectivity index (χ0) is 13.8. The summed E-state index contributed by atoms with van der Waals surface area (Å²) < 4.78 is 27.8. The number of hydrogen-bond donors (Lipinski definition) is 1. The van der Waals surface area contributed by atoms with Gasteiger partial charge >= 0.3 is 0 Å². The molecule has 0 aliphatic rings. The van der Waals surface area contributed by atoms with Crippen LogP contribution in [0.2, 0.25) is 0 Å². The highest BCUT2D eigenvalue weighted by Crippen LogP contribution is 2.17. The lowest BCUT2D eigenvalue weighted by atomic mass is 10.2. The van der Waals surface area contributed by atoms with E-state index in [2.05, 4.69) is 10.3 Å². The molecule has 0 saturated heterocycles. The van der Waals surface area contributed by atoms with Gasteiger partial charge in [0.15, 0.2) is 0 Å². The first-order valence-electron chi connectivity index (χ1n) is 5.78. The maximum Gasteiger partial charge on any atom is 0.226 e. The normalized spacial score (nSPS) is 12.2. The first kappa shape index (κ1) is 13.2. The van der Waals surface area contributed by atoms with E-state index in [-0.39, 0.29) is 24.1 Å². The highest BCUT2D eigenvalue weighted by atomic mass is 19.1. The van der Waals surface area contributed by atoms with Crippen LogP contribution in [0.4, 0.5) is 14.5 Å². The van der Waals surface area contributed by atoms with Gasteiger partial charge in [0.05, 0.1) is 12.0 Å². The Kier molecular flexibility index (Phi) is 3.89. The van der Waals surface area contributed by atoms with Crippen LogP contribution in [0.1, 0.15) is 19.4 Å². The number of nitrogens with one attached hydrogen (secondary N) is 1. The van der Waals surface area contributed by atoms with E-state index in [4.69, 9.17) is 0 Å². The number of nitrogens with zero attached hydrogens (tertiary/aromatic N) is 2.